The Labute approximate surface area is 145 Å². The number of aliphatic carboxylic acids is 1. The molecule has 0 aliphatic rings. The number of carboxylic acid groups (broad SMARTS) is 1. The number of ether oxygens (including phenoxy) is 1. The summed E-state index contributed by atoms with van der Waals surface area (Å²) in [6.07, 6.45) is -0.301. The van der Waals surface area contributed by atoms with Crippen LogP contribution in [-0.2, 0) is 30.3 Å². The van der Waals surface area contributed by atoms with E-state index in [4.69, 9.17) is 4.74 Å². The van der Waals surface area contributed by atoms with Crippen molar-refractivity contribution in [2.75, 3.05) is 6.61 Å². The van der Waals surface area contributed by atoms with E-state index in [9.17, 15) is 24.3 Å². The summed E-state index contributed by atoms with van der Waals surface area (Å²) < 4.78 is 4.70. The van der Waals surface area contributed by atoms with Crippen LogP contribution in [0, 0.1) is 0 Å². The van der Waals surface area contributed by atoms with E-state index >= 15 is 0 Å². The number of esters is 1. The minimum absolute atomic E-state index is 0.113. The molecular formula is C17H22N2O6. The molecule has 0 unspecified atom stereocenters. The summed E-state index contributed by atoms with van der Waals surface area (Å²) in [4.78, 5) is 46.5. The van der Waals surface area contributed by atoms with Gasteiger partial charge in [-0.05, 0) is 12.5 Å². The normalized spacial score (nSPS) is 12.6. The molecule has 0 spiro atoms. The molecule has 8 heteroatoms. The van der Waals surface area contributed by atoms with E-state index in [1.54, 1.807) is 31.2 Å². The average Bonchev–Trinajstić information content (AvgIpc) is 2.54. The second-order valence-electron chi connectivity index (χ2n) is 5.35. The van der Waals surface area contributed by atoms with E-state index in [2.05, 4.69) is 10.6 Å². The Bertz CT molecular complexity index is 617. The maximum Gasteiger partial charge on any atom is 0.326 e. The van der Waals surface area contributed by atoms with Gasteiger partial charge in [0.15, 0.2) is 0 Å². The lowest BCUT2D eigenvalue weighted by Crippen LogP contribution is -2.52. The van der Waals surface area contributed by atoms with Crippen LogP contribution < -0.4 is 10.6 Å². The first-order valence-electron chi connectivity index (χ1n) is 7.83. The lowest BCUT2D eigenvalue weighted by molar-refractivity contribution is -0.150. The summed E-state index contributed by atoms with van der Waals surface area (Å²) in [5.74, 6) is -3.19. The third-order valence-corrected chi connectivity index (χ3v) is 3.27. The first-order valence-corrected chi connectivity index (χ1v) is 7.83. The largest absolute Gasteiger partial charge is 0.480 e. The van der Waals surface area contributed by atoms with Crippen molar-refractivity contribution >= 4 is 23.8 Å². The highest BCUT2D eigenvalue weighted by atomic mass is 16.5. The molecule has 1 aromatic carbocycles. The summed E-state index contributed by atoms with van der Waals surface area (Å²) in [6, 6.07) is 6.58. The van der Waals surface area contributed by atoms with Crippen LogP contribution in [0.4, 0.5) is 0 Å². The molecule has 0 radical (unpaired) electrons. The highest BCUT2D eigenvalue weighted by Crippen LogP contribution is 2.05. The molecule has 0 saturated heterocycles. The number of hydrogen-bond donors (Lipinski definition) is 3. The van der Waals surface area contributed by atoms with Crippen molar-refractivity contribution in [1.29, 1.82) is 0 Å². The second kappa shape index (κ2) is 10.1. The Morgan fingerprint density at radius 1 is 1.08 bits per heavy atom. The monoisotopic (exact) mass is 350 g/mol. The van der Waals surface area contributed by atoms with Gasteiger partial charge in [0.25, 0.3) is 0 Å². The van der Waals surface area contributed by atoms with Crippen LogP contribution in [0.5, 0.6) is 0 Å². The minimum Gasteiger partial charge on any atom is -0.480 e. The molecule has 1 rings (SSSR count). The van der Waals surface area contributed by atoms with Crippen molar-refractivity contribution in [3.05, 3.63) is 35.9 Å². The fourth-order valence-corrected chi connectivity index (χ4v) is 2.16. The van der Waals surface area contributed by atoms with Crippen LogP contribution in [0.3, 0.4) is 0 Å². The lowest BCUT2D eigenvalue weighted by atomic mass is 10.0. The van der Waals surface area contributed by atoms with Crippen LogP contribution in [0.1, 0.15) is 25.8 Å². The van der Waals surface area contributed by atoms with Crippen molar-refractivity contribution < 1.29 is 29.0 Å². The van der Waals surface area contributed by atoms with Crippen molar-refractivity contribution in [1.82, 2.24) is 10.6 Å². The molecule has 1 aromatic rings. The fourth-order valence-electron chi connectivity index (χ4n) is 2.16. The van der Waals surface area contributed by atoms with Gasteiger partial charge in [0.1, 0.15) is 12.1 Å². The first kappa shape index (κ1) is 20.1. The standard InChI is InChI=1S/C17H22N2O6/c1-3-25-15(21)10-14(17(23)24)19-16(22)13(18-11(2)20)9-12-7-5-4-6-8-12/h4-8,13-14H,3,9-10H2,1-2H3,(H,18,20)(H,19,22)(H,23,24)/t13-,14+/m0/s1. The zero-order valence-electron chi connectivity index (χ0n) is 14.2. The van der Waals surface area contributed by atoms with Gasteiger partial charge in [-0.3, -0.25) is 14.4 Å². The molecule has 0 aromatic heterocycles. The predicted octanol–water partition coefficient (Wildman–Crippen LogP) is 0.256. The van der Waals surface area contributed by atoms with Gasteiger partial charge in [-0.15, -0.1) is 0 Å². The van der Waals surface area contributed by atoms with E-state index < -0.39 is 42.3 Å². The summed E-state index contributed by atoms with van der Waals surface area (Å²) in [5, 5.41) is 14.0. The molecule has 136 valence electrons. The molecule has 2 atom stereocenters. The highest BCUT2D eigenvalue weighted by molar-refractivity contribution is 5.91. The molecular weight excluding hydrogens is 328 g/mol. The molecule has 2 amide bonds. The van der Waals surface area contributed by atoms with E-state index in [-0.39, 0.29) is 13.0 Å². The number of amides is 2. The van der Waals surface area contributed by atoms with Crippen LogP contribution >= 0.6 is 0 Å². The molecule has 8 nitrogen and oxygen atoms in total. The number of benzene rings is 1. The predicted molar refractivity (Wildman–Crippen MR) is 88.6 cm³/mol. The molecule has 0 fully saturated rings. The van der Waals surface area contributed by atoms with Gasteiger partial charge in [0, 0.05) is 13.3 Å². The number of carbonyl (C=O) groups is 4. The Hall–Kier alpha value is -2.90. The number of hydrogen-bond acceptors (Lipinski definition) is 5. The SMILES string of the molecule is CCOC(=O)C[C@@H](NC(=O)[C@H](Cc1ccccc1)NC(C)=O)C(=O)O. The minimum atomic E-state index is -1.43. The summed E-state index contributed by atoms with van der Waals surface area (Å²) in [6.45, 7) is 2.97. The van der Waals surface area contributed by atoms with Gasteiger partial charge in [0.2, 0.25) is 11.8 Å². The van der Waals surface area contributed by atoms with Crippen LogP contribution in [-0.4, -0.2) is 47.6 Å². The number of carbonyl (C=O) groups excluding carboxylic acids is 3. The summed E-state index contributed by atoms with van der Waals surface area (Å²) >= 11 is 0. The van der Waals surface area contributed by atoms with Crippen molar-refractivity contribution in [2.24, 2.45) is 0 Å². The first-order chi connectivity index (χ1) is 11.8. The van der Waals surface area contributed by atoms with Gasteiger partial charge >= 0.3 is 11.9 Å². The summed E-state index contributed by atoms with van der Waals surface area (Å²) in [7, 11) is 0. The number of carboxylic acids is 1. The molecule has 0 bridgehead atoms. The second-order valence-corrected chi connectivity index (χ2v) is 5.35. The third-order valence-electron chi connectivity index (χ3n) is 3.27. The van der Waals surface area contributed by atoms with Crippen LogP contribution in [0.15, 0.2) is 30.3 Å². The highest BCUT2D eigenvalue weighted by Gasteiger charge is 2.28. The Morgan fingerprint density at radius 2 is 1.72 bits per heavy atom. The molecule has 0 aliphatic heterocycles. The van der Waals surface area contributed by atoms with Crippen LogP contribution in [0.2, 0.25) is 0 Å². The topological polar surface area (TPSA) is 122 Å². The third kappa shape index (κ3) is 7.47. The lowest BCUT2D eigenvalue weighted by Gasteiger charge is -2.20. The smallest absolute Gasteiger partial charge is 0.326 e. The Kier molecular flexibility index (Phi) is 8.11. The van der Waals surface area contributed by atoms with Crippen molar-refractivity contribution in [3.8, 4) is 0 Å². The Balaban J connectivity index is 2.82. The number of nitrogens with one attached hydrogen (secondary N) is 2. The molecule has 0 heterocycles. The van der Waals surface area contributed by atoms with E-state index in [0.717, 1.165) is 5.56 Å². The quantitative estimate of drug-likeness (QED) is 0.549. The zero-order valence-corrected chi connectivity index (χ0v) is 14.2. The molecule has 25 heavy (non-hydrogen) atoms. The van der Waals surface area contributed by atoms with Gasteiger partial charge < -0.3 is 20.5 Å². The van der Waals surface area contributed by atoms with Gasteiger partial charge in [0.05, 0.1) is 13.0 Å². The maximum atomic E-state index is 12.4. The van der Waals surface area contributed by atoms with Crippen molar-refractivity contribution in [2.45, 2.75) is 38.8 Å². The van der Waals surface area contributed by atoms with Crippen LogP contribution in [0.25, 0.3) is 0 Å². The number of rotatable bonds is 9. The van der Waals surface area contributed by atoms with Gasteiger partial charge in [-0.2, -0.15) is 0 Å². The fraction of sp³-hybridized carbons (Fsp3) is 0.412. The molecule has 0 aliphatic carbocycles. The zero-order chi connectivity index (χ0) is 18.8. The Morgan fingerprint density at radius 3 is 2.24 bits per heavy atom. The van der Waals surface area contributed by atoms with E-state index in [1.807, 2.05) is 6.07 Å². The maximum absolute atomic E-state index is 12.4. The van der Waals surface area contributed by atoms with Gasteiger partial charge in [-0.25, -0.2) is 4.79 Å². The van der Waals surface area contributed by atoms with Crippen molar-refractivity contribution in [3.63, 3.8) is 0 Å². The van der Waals surface area contributed by atoms with E-state index in [0.29, 0.717) is 0 Å². The average molecular weight is 350 g/mol. The molecule has 3 N–H and O–H groups in total. The summed E-state index contributed by atoms with van der Waals surface area (Å²) in [5.41, 5.74) is 0.800. The van der Waals surface area contributed by atoms with Gasteiger partial charge in [-0.1, -0.05) is 30.3 Å². The molecule has 0 saturated carbocycles. The van der Waals surface area contributed by atoms with E-state index in [1.165, 1.54) is 6.92 Å².